The molecule has 21 heavy (non-hydrogen) atoms. The monoisotopic (exact) mass is 307 g/mol. The number of halogens is 4. The Morgan fingerprint density at radius 1 is 1.24 bits per heavy atom. The molecular formula is C14H17F4NO2. The maximum atomic E-state index is 13.1. The Morgan fingerprint density at radius 3 is 2.38 bits per heavy atom. The number of ether oxygens (including phenoxy) is 1. The van der Waals surface area contributed by atoms with Crippen molar-refractivity contribution in [1.82, 2.24) is 5.32 Å². The molecule has 0 aliphatic heterocycles. The van der Waals surface area contributed by atoms with Gasteiger partial charge >= 0.3 is 12.1 Å². The molecule has 0 saturated carbocycles. The van der Waals surface area contributed by atoms with Crippen LogP contribution in [0.5, 0.6) is 0 Å². The van der Waals surface area contributed by atoms with Crippen molar-refractivity contribution in [3.05, 3.63) is 35.1 Å². The van der Waals surface area contributed by atoms with Crippen LogP contribution in [-0.2, 0) is 22.3 Å². The zero-order chi connectivity index (χ0) is 16.3. The largest absolute Gasteiger partial charge is 0.459 e. The number of benzene rings is 1. The van der Waals surface area contributed by atoms with E-state index in [-0.39, 0.29) is 18.7 Å². The van der Waals surface area contributed by atoms with Gasteiger partial charge in [-0.3, -0.25) is 4.79 Å². The van der Waals surface area contributed by atoms with Crippen LogP contribution in [-0.4, -0.2) is 18.1 Å². The van der Waals surface area contributed by atoms with Crippen molar-refractivity contribution in [3.63, 3.8) is 0 Å². The highest BCUT2D eigenvalue weighted by Gasteiger charge is 2.34. The Hall–Kier alpha value is -1.63. The van der Waals surface area contributed by atoms with Gasteiger partial charge in [0.25, 0.3) is 0 Å². The maximum absolute atomic E-state index is 13.1. The molecule has 1 aromatic rings. The molecule has 0 aliphatic carbocycles. The first-order chi connectivity index (χ1) is 9.49. The van der Waals surface area contributed by atoms with E-state index < -0.39 is 29.1 Å². The molecule has 0 saturated heterocycles. The van der Waals surface area contributed by atoms with E-state index in [0.29, 0.717) is 0 Å². The molecule has 7 heteroatoms. The van der Waals surface area contributed by atoms with Crippen LogP contribution in [0.4, 0.5) is 17.6 Å². The lowest BCUT2D eigenvalue weighted by Gasteiger charge is -2.19. The second-order valence-electron chi connectivity index (χ2n) is 5.50. The number of carbonyl (C=O) groups excluding carboxylic acids is 1. The van der Waals surface area contributed by atoms with Crippen LogP contribution in [0.3, 0.4) is 0 Å². The van der Waals surface area contributed by atoms with Gasteiger partial charge in [-0.25, -0.2) is 4.39 Å². The Balaban J connectivity index is 2.59. The Labute approximate surface area is 120 Å². The number of rotatable bonds is 4. The zero-order valence-corrected chi connectivity index (χ0v) is 12.0. The van der Waals surface area contributed by atoms with Gasteiger partial charge in [-0.1, -0.05) is 6.07 Å². The molecule has 118 valence electrons. The molecule has 0 fully saturated rings. The molecule has 0 spiro atoms. The lowest BCUT2D eigenvalue weighted by Crippen LogP contribution is -2.31. The third kappa shape index (κ3) is 6.12. The summed E-state index contributed by atoms with van der Waals surface area (Å²) in [5.41, 5.74) is -1.72. The maximum Gasteiger partial charge on any atom is 0.419 e. The fourth-order valence-electron chi connectivity index (χ4n) is 1.59. The number of alkyl halides is 3. The summed E-state index contributed by atoms with van der Waals surface area (Å²) in [6.45, 7) is 4.99. The van der Waals surface area contributed by atoms with E-state index in [4.69, 9.17) is 4.74 Å². The molecule has 0 radical (unpaired) electrons. The fraction of sp³-hybridized carbons (Fsp3) is 0.500. The van der Waals surface area contributed by atoms with E-state index in [9.17, 15) is 22.4 Å². The van der Waals surface area contributed by atoms with E-state index in [1.165, 1.54) is 6.07 Å². The quantitative estimate of drug-likeness (QED) is 0.685. The smallest absolute Gasteiger partial charge is 0.419 e. The minimum absolute atomic E-state index is 0.00258. The number of esters is 1. The lowest BCUT2D eigenvalue weighted by molar-refractivity contribution is -0.153. The Bertz CT molecular complexity index is 507. The van der Waals surface area contributed by atoms with E-state index >= 15 is 0 Å². The van der Waals surface area contributed by atoms with Gasteiger partial charge < -0.3 is 10.1 Å². The topological polar surface area (TPSA) is 38.3 Å². The summed E-state index contributed by atoms with van der Waals surface area (Å²) in [4.78, 5) is 11.4. The predicted octanol–water partition coefficient (Wildman–Crippen LogP) is 3.28. The number of carbonyl (C=O) groups is 1. The van der Waals surface area contributed by atoms with Crippen LogP contribution < -0.4 is 5.32 Å². The lowest BCUT2D eigenvalue weighted by atomic mass is 10.1. The molecule has 0 aromatic heterocycles. The predicted molar refractivity (Wildman–Crippen MR) is 69.0 cm³/mol. The van der Waals surface area contributed by atoms with Crippen LogP contribution in [0.25, 0.3) is 0 Å². The second-order valence-corrected chi connectivity index (χ2v) is 5.50. The minimum atomic E-state index is -4.74. The van der Waals surface area contributed by atoms with Crippen molar-refractivity contribution in [3.8, 4) is 0 Å². The molecular weight excluding hydrogens is 290 g/mol. The molecule has 0 bridgehead atoms. The number of hydrogen-bond donors (Lipinski definition) is 1. The summed E-state index contributed by atoms with van der Waals surface area (Å²) in [6.07, 6.45) is -4.74. The molecule has 0 aliphatic rings. The molecule has 1 N–H and O–H groups in total. The normalized spacial score (nSPS) is 12.3. The van der Waals surface area contributed by atoms with Crippen LogP contribution in [0.1, 0.15) is 31.9 Å². The molecule has 0 unspecified atom stereocenters. The Morgan fingerprint density at radius 2 is 1.86 bits per heavy atom. The summed E-state index contributed by atoms with van der Waals surface area (Å²) in [5.74, 6) is -1.83. The highest BCUT2D eigenvalue weighted by atomic mass is 19.4. The highest BCUT2D eigenvalue weighted by Crippen LogP contribution is 2.31. The third-order valence-electron chi connectivity index (χ3n) is 2.35. The first-order valence-electron chi connectivity index (χ1n) is 6.27. The van der Waals surface area contributed by atoms with Gasteiger partial charge in [-0.15, -0.1) is 0 Å². The van der Waals surface area contributed by atoms with Gasteiger partial charge in [0.15, 0.2) is 0 Å². The highest BCUT2D eigenvalue weighted by molar-refractivity contribution is 5.72. The summed E-state index contributed by atoms with van der Waals surface area (Å²) < 4.78 is 55.7. The van der Waals surface area contributed by atoms with Crippen LogP contribution in [0, 0.1) is 5.82 Å². The number of hydrogen-bond acceptors (Lipinski definition) is 3. The SMILES string of the molecule is CC(C)(C)OC(=O)CNCc1ccc(F)c(C(F)(F)F)c1. The van der Waals surface area contributed by atoms with E-state index in [0.717, 1.165) is 12.1 Å². The summed E-state index contributed by atoms with van der Waals surface area (Å²) >= 11 is 0. The van der Waals surface area contributed by atoms with Gasteiger partial charge in [0.2, 0.25) is 0 Å². The van der Waals surface area contributed by atoms with Crippen molar-refractivity contribution in [1.29, 1.82) is 0 Å². The van der Waals surface area contributed by atoms with Crippen LogP contribution in [0.2, 0.25) is 0 Å². The average Bonchev–Trinajstić information content (AvgIpc) is 2.27. The van der Waals surface area contributed by atoms with Crippen molar-refractivity contribution < 1.29 is 27.1 Å². The standard InChI is InChI=1S/C14H17F4NO2/c1-13(2,3)21-12(20)8-19-7-9-4-5-11(15)10(6-9)14(16,17)18/h4-6,19H,7-8H2,1-3H3. The van der Waals surface area contributed by atoms with E-state index in [1.54, 1.807) is 20.8 Å². The van der Waals surface area contributed by atoms with Gasteiger partial charge in [0.1, 0.15) is 11.4 Å². The molecule has 1 aromatic carbocycles. The van der Waals surface area contributed by atoms with Gasteiger partial charge in [0.05, 0.1) is 12.1 Å². The second kappa shape index (κ2) is 6.43. The first kappa shape index (κ1) is 17.4. The third-order valence-corrected chi connectivity index (χ3v) is 2.35. The molecule has 3 nitrogen and oxygen atoms in total. The van der Waals surface area contributed by atoms with Gasteiger partial charge in [0, 0.05) is 6.54 Å². The van der Waals surface area contributed by atoms with Crippen molar-refractivity contribution in [2.24, 2.45) is 0 Å². The van der Waals surface area contributed by atoms with Crippen LogP contribution >= 0.6 is 0 Å². The van der Waals surface area contributed by atoms with E-state index in [2.05, 4.69) is 5.32 Å². The van der Waals surface area contributed by atoms with Gasteiger partial charge in [-0.2, -0.15) is 13.2 Å². The molecule has 1 rings (SSSR count). The minimum Gasteiger partial charge on any atom is -0.459 e. The summed E-state index contributed by atoms with van der Waals surface area (Å²) in [6, 6.07) is 2.71. The fourth-order valence-corrected chi connectivity index (χ4v) is 1.59. The summed E-state index contributed by atoms with van der Waals surface area (Å²) in [7, 11) is 0. The zero-order valence-electron chi connectivity index (χ0n) is 12.0. The van der Waals surface area contributed by atoms with Crippen LogP contribution in [0.15, 0.2) is 18.2 Å². The van der Waals surface area contributed by atoms with Gasteiger partial charge in [-0.05, 0) is 38.5 Å². The van der Waals surface area contributed by atoms with Crippen molar-refractivity contribution in [2.45, 2.75) is 39.1 Å². The molecule has 0 heterocycles. The van der Waals surface area contributed by atoms with Crippen molar-refractivity contribution >= 4 is 5.97 Å². The Kier molecular flexibility index (Phi) is 5.33. The summed E-state index contributed by atoms with van der Waals surface area (Å²) in [5, 5.41) is 2.66. The van der Waals surface area contributed by atoms with E-state index in [1.807, 2.05) is 0 Å². The van der Waals surface area contributed by atoms with Crippen molar-refractivity contribution in [2.75, 3.05) is 6.54 Å². The first-order valence-corrected chi connectivity index (χ1v) is 6.27. The number of nitrogens with one attached hydrogen (secondary N) is 1. The molecule has 0 amide bonds. The molecule has 0 atom stereocenters. The average molecular weight is 307 g/mol.